The fourth-order valence-electron chi connectivity index (χ4n) is 2.15. The molecule has 4 nitrogen and oxygen atoms in total. The van der Waals surface area contributed by atoms with Crippen molar-refractivity contribution in [3.63, 3.8) is 0 Å². The van der Waals surface area contributed by atoms with E-state index in [0.29, 0.717) is 6.54 Å². The van der Waals surface area contributed by atoms with E-state index in [4.69, 9.17) is 5.73 Å². The zero-order valence-electron chi connectivity index (χ0n) is 10.2. The van der Waals surface area contributed by atoms with E-state index >= 15 is 0 Å². The highest BCUT2D eigenvalue weighted by molar-refractivity contribution is 5.20. The summed E-state index contributed by atoms with van der Waals surface area (Å²) < 4.78 is 1.86. The van der Waals surface area contributed by atoms with Crippen molar-refractivity contribution in [2.45, 2.75) is 32.2 Å². The van der Waals surface area contributed by atoms with E-state index in [-0.39, 0.29) is 6.04 Å². The van der Waals surface area contributed by atoms with Crippen LogP contribution in [0.3, 0.4) is 0 Å². The van der Waals surface area contributed by atoms with Crippen molar-refractivity contribution in [2.75, 3.05) is 13.1 Å². The molecule has 1 aliphatic rings. The van der Waals surface area contributed by atoms with Gasteiger partial charge in [-0.3, -0.25) is 4.68 Å². The maximum absolute atomic E-state index is 5.82. The second kappa shape index (κ2) is 4.97. The first-order valence-corrected chi connectivity index (χ1v) is 6.14. The van der Waals surface area contributed by atoms with Gasteiger partial charge in [0.15, 0.2) is 0 Å². The van der Waals surface area contributed by atoms with E-state index in [1.165, 1.54) is 24.8 Å². The maximum atomic E-state index is 5.82. The smallest absolute Gasteiger partial charge is 0.0641 e. The van der Waals surface area contributed by atoms with E-state index in [0.717, 1.165) is 18.2 Å². The van der Waals surface area contributed by atoms with Crippen molar-refractivity contribution in [1.82, 2.24) is 15.1 Å². The molecule has 1 aromatic heterocycles. The average molecular weight is 222 g/mol. The molecule has 1 unspecified atom stereocenters. The van der Waals surface area contributed by atoms with E-state index in [1.807, 2.05) is 18.7 Å². The van der Waals surface area contributed by atoms with E-state index in [1.54, 1.807) is 0 Å². The molecule has 0 saturated heterocycles. The maximum Gasteiger partial charge on any atom is 0.0641 e. The van der Waals surface area contributed by atoms with Gasteiger partial charge in [-0.25, -0.2) is 0 Å². The third kappa shape index (κ3) is 2.83. The Hall–Kier alpha value is -0.870. The SMILES string of the molecule is Cc1nn(C)cc1C(CN)NCCC1CC1. The van der Waals surface area contributed by atoms with Crippen molar-refractivity contribution in [2.24, 2.45) is 18.7 Å². The molecule has 1 fully saturated rings. The summed E-state index contributed by atoms with van der Waals surface area (Å²) in [6, 6.07) is 0.257. The Balaban J connectivity index is 1.89. The largest absolute Gasteiger partial charge is 0.329 e. The third-order valence-electron chi connectivity index (χ3n) is 3.30. The number of nitrogens with zero attached hydrogens (tertiary/aromatic N) is 2. The molecular formula is C12H22N4. The molecule has 0 amide bonds. The highest BCUT2D eigenvalue weighted by Crippen LogP contribution is 2.32. The van der Waals surface area contributed by atoms with Crippen LogP contribution in [0.15, 0.2) is 6.20 Å². The van der Waals surface area contributed by atoms with Crippen LogP contribution in [-0.2, 0) is 7.05 Å². The lowest BCUT2D eigenvalue weighted by molar-refractivity contribution is 0.514. The van der Waals surface area contributed by atoms with Gasteiger partial charge in [0.25, 0.3) is 0 Å². The molecule has 0 spiro atoms. The lowest BCUT2D eigenvalue weighted by Crippen LogP contribution is -2.29. The molecule has 0 bridgehead atoms. The molecule has 0 aliphatic heterocycles. The number of aromatic nitrogens is 2. The number of rotatable bonds is 6. The van der Waals surface area contributed by atoms with Gasteiger partial charge in [-0.2, -0.15) is 5.10 Å². The van der Waals surface area contributed by atoms with E-state index < -0.39 is 0 Å². The molecule has 4 heteroatoms. The van der Waals surface area contributed by atoms with Crippen LogP contribution in [0.2, 0.25) is 0 Å². The van der Waals surface area contributed by atoms with Crippen LogP contribution in [-0.4, -0.2) is 22.9 Å². The summed E-state index contributed by atoms with van der Waals surface area (Å²) in [6.07, 6.45) is 6.19. The van der Waals surface area contributed by atoms with Crippen LogP contribution in [0, 0.1) is 12.8 Å². The van der Waals surface area contributed by atoms with Gasteiger partial charge in [0.05, 0.1) is 5.69 Å². The Morgan fingerprint density at radius 1 is 1.62 bits per heavy atom. The van der Waals surface area contributed by atoms with Gasteiger partial charge in [-0.15, -0.1) is 0 Å². The van der Waals surface area contributed by atoms with Crippen LogP contribution >= 0.6 is 0 Å². The van der Waals surface area contributed by atoms with Gasteiger partial charge < -0.3 is 11.1 Å². The second-order valence-electron chi connectivity index (χ2n) is 4.82. The Kier molecular flexibility index (Phi) is 3.61. The Labute approximate surface area is 97.2 Å². The first kappa shape index (κ1) is 11.6. The highest BCUT2D eigenvalue weighted by Gasteiger charge is 2.21. The molecule has 0 radical (unpaired) electrons. The predicted molar refractivity (Wildman–Crippen MR) is 65.1 cm³/mol. The van der Waals surface area contributed by atoms with Crippen molar-refractivity contribution >= 4 is 0 Å². The van der Waals surface area contributed by atoms with Crippen molar-refractivity contribution in [3.05, 3.63) is 17.5 Å². The molecule has 2 rings (SSSR count). The predicted octanol–water partition coefficient (Wildman–Crippen LogP) is 1.12. The number of aryl methyl sites for hydroxylation is 2. The third-order valence-corrected chi connectivity index (χ3v) is 3.30. The van der Waals surface area contributed by atoms with E-state index in [2.05, 4.69) is 16.6 Å². The molecule has 90 valence electrons. The summed E-state index contributed by atoms with van der Waals surface area (Å²) in [5.41, 5.74) is 8.13. The normalized spacial score (nSPS) is 17.7. The van der Waals surface area contributed by atoms with Crippen LogP contribution in [0.1, 0.15) is 36.6 Å². The monoisotopic (exact) mass is 222 g/mol. The summed E-state index contributed by atoms with van der Waals surface area (Å²) in [5.74, 6) is 0.973. The average Bonchev–Trinajstić information content (AvgIpc) is 3.00. The zero-order valence-corrected chi connectivity index (χ0v) is 10.2. The number of hydrogen-bond donors (Lipinski definition) is 2. The first-order chi connectivity index (χ1) is 7.70. The Morgan fingerprint density at radius 3 is 2.88 bits per heavy atom. The standard InChI is InChI=1S/C12H22N4/c1-9-11(8-16(2)15-9)12(7-13)14-6-5-10-3-4-10/h8,10,12,14H,3-7,13H2,1-2H3. The van der Waals surface area contributed by atoms with Gasteiger partial charge in [0.2, 0.25) is 0 Å². The topological polar surface area (TPSA) is 55.9 Å². The minimum atomic E-state index is 0.257. The van der Waals surface area contributed by atoms with Crippen LogP contribution in [0.25, 0.3) is 0 Å². The van der Waals surface area contributed by atoms with Crippen molar-refractivity contribution < 1.29 is 0 Å². The van der Waals surface area contributed by atoms with Crippen LogP contribution < -0.4 is 11.1 Å². The summed E-state index contributed by atoms with van der Waals surface area (Å²) in [4.78, 5) is 0. The summed E-state index contributed by atoms with van der Waals surface area (Å²) in [5, 5.41) is 7.89. The highest BCUT2D eigenvalue weighted by atomic mass is 15.3. The summed E-state index contributed by atoms with van der Waals surface area (Å²) in [6.45, 7) is 3.75. The minimum absolute atomic E-state index is 0.257. The fourth-order valence-corrected chi connectivity index (χ4v) is 2.15. The number of hydrogen-bond acceptors (Lipinski definition) is 3. The molecule has 1 saturated carbocycles. The van der Waals surface area contributed by atoms with Crippen molar-refractivity contribution in [3.8, 4) is 0 Å². The van der Waals surface area contributed by atoms with Gasteiger partial charge in [0, 0.05) is 31.4 Å². The van der Waals surface area contributed by atoms with Crippen molar-refractivity contribution in [1.29, 1.82) is 0 Å². The van der Waals surface area contributed by atoms with Crippen LogP contribution in [0.4, 0.5) is 0 Å². The van der Waals surface area contributed by atoms with Gasteiger partial charge in [-0.05, 0) is 25.8 Å². The van der Waals surface area contributed by atoms with Crippen LogP contribution in [0.5, 0.6) is 0 Å². The molecule has 1 aromatic rings. The molecule has 1 aliphatic carbocycles. The molecule has 0 aromatic carbocycles. The molecule has 3 N–H and O–H groups in total. The molecular weight excluding hydrogens is 200 g/mol. The lowest BCUT2D eigenvalue weighted by Gasteiger charge is -2.16. The lowest BCUT2D eigenvalue weighted by atomic mass is 10.1. The summed E-state index contributed by atoms with van der Waals surface area (Å²) in [7, 11) is 1.95. The number of nitrogens with one attached hydrogen (secondary N) is 1. The van der Waals surface area contributed by atoms with E-state index in [9.17, 15) is 0 Å². The quantitative estimate of drug-likeness (QED) is 0.758. The Morgan fingerprint density at radius 2 is 2.38 bits per heavy atom. The first-order valence-electron chi connectivity index (χ1n) is 6.14. The molecule has 1 atom stereocenters. The molecule has 16 heavy (non-hydrogen) atoms. The second-order valence-corrected chi connectivity index (χ2v) is 4.82. The Bertz CT molecular complexity index is 341. The van der Waals surface area contributed by atoms with Gasteiger partial charge in [0.1, 0.15) is 0 Å². The fraction of sp³-hybridized carbons (Fsp3) is 0.750. The molecule has 1 heterocycles. The van der Waals surface area contributed by atoms with Gasteiger partial charge in [-0.1, -0.05) is 12.8 Å². The van der Waals surface area contributed by atoms with Gasteiger partial charge >= 0.3 is 0 Å². The minimum Gasteiger partial charge on any atom is -0.329 e. The summed E-state index contributed by atoms with van der Waals surface area (Å²) >= 11 is 0. The number of nitrogens with two attached hydrogens (primary N) is 1. The zero-order chi connectivity index (χ0) is 11.5.